The number of anilines is 1. The van der Waals surface area contributed by atoms with Gasteiger partial charge in [-0.15, -0.1) is 0 Å². The minimum atomic E-state index is -1.10. The predicted molar refractivity (Wildman–Crippen MR) is 59.9 cm³/mol. The lowest BCUT2D eigenvalue weighted by molar-refractivity contribution is -0.136. The lowest BCUT2D eigenvalue weighted by atomic mass is 10.2. The molecule has 0 saturated carbocycles. The van der Waals surface area contributed by atoms with Gasteiger partial charge in [0, 0.05) is 0 Å². The molecule has 3 N–H and O–H groups in total. The molecule has 1 aromatic carbocycles. The number of carbonyl (C=O) groups is 2. The Hall–Kier alpha value is -2.08. The highest BCUT2D eigenvalue weighted by Crippen LogP contribution is 2.30. The summed E-state index contributed by atoms with van der Waals surface area (Å²) in [5.41, 5.74) is 6.05. The normalized spacial score (nSPS) is 19.2. The Morgan fingerprint density at radius 1 is 1.53 bits per heavy atom. The van der Waals surface area contributed by atoms with Gasteiger partial charge in [0.1, 0.15) is 24.9 Å². The number of carboxylic acids is 1. The monoisotopic (exact) mass is 236 g/mol. The zero-order chi connectivity index (χ0) is 12.4. The summed E-state index contributed by atoms with van der Waals surface area (Å²) in [4.78, 5) is 23.8. The Balaban J connectivity index is 2.43. The van der Waals surface area contributed by atoms with Gasteiger partial charge < -0.3 is 15.6 Å². The zero-order valence-corrected chi connectivity index (χ0v) is 9.00. The van der Waals surface area contributed by atoms with Gasteiger partial charge in [0.25, 0.3) is 0 Å². The standard InChI is InChI=1S/C11H12N2O4/c12-7-6-17-9-4-2-1-3-8(9)13(11(7)16)5-10(14)15/h1-4,7H,5-6,12H2,(H,14,15)/t7-/m1/s1. The van der Waals surface area contributed by atoms with Crippen molar-refractivity contribution in [2.45, 2.75) is 6.04 Å². The second-order valence-electron chi connectivity index (χ2n) is 3.70. The number of carboxylic acid groups (broad SMARTS) is 1. The first-order valence-electron chi connectivity index (χ1n) is 5.10. The number of hydrogen-bond donors (Lipinski definition) is 2. The highest BCUT2D eigenvalue weighted by molar-refractivity contribution is 6.02. The second kappa shape index (κ2) is 4.42. The molecule has 2 rings (SSSR count). The molecule has 0 aliphatic carbocycles. The van der Waals surface area contributed by atoms with Crippen LogP contribution in [0.4, 0.5) is 5.69 Å². The topological polar surface area (TPSA) is 92.9 Å². The summed E-state index contributed by atoms with van der Waals surface area (Å²) >= 11 is 0. The van der Waals surface area contributed by atoms with Crippen LogP contribution in [-0.4, -0.2) is 36.2 Å². The molecule has 1 heterocycles. The Labute approximate surface area is 97.6 Å². The summed E-state index contributed by atoms with van der Waals surface area (Å²) in [5, 5.41) is 8.81. The van der Waals surface area contributed by atoms with Crippen LogP contribution in [0.1, 0.15) is 0 Å². The van der Waals surface area contributed by atoms with Gasteiger partial charge in [0.15, 0.2) is 0 Å². The number of nitrogens with two attached hydrogens (primary N) is 1. The molecule has 0 aromatic heterocycles. The quantitative estimate of drug-likeness (QED) is 0.743. The maximum absolute atomic E-state index is 11.9. The van der Waals surface area contributed by atoms with Gasteiger partial charge in [-0.25, -0.2) is 0 Å². The number of rotatable bonds is 2. The molecule has 1 atom stereocenters. The van der Waals surface area contributed by atoms with Crippen LogP contribution < -0.4 is 15.4 Å². The van der Waals surface area contributed by atoms with E-state index in [2.05, 4.69) is 0 Å². The summed E-state index contributed by atoms with van der Waals surface area (Å²) in [7, 11) is 0. The first kappa shape index (κ1) is 11.4. The number of aliphatic carboxylic acids is 1. The number of ether oxygens (including phenoxy) is 1. The molecule has 0 spiro atoms. The molecule has 6 heteroatoms. The van der Waals surface area contributed by atoms with Crippen LogP contribution >= 0.6 is 0 Å². The summed E-state index contributed by atoms with van der Waals surface area (Å²) in [6.07, 6.45) is 0. The first-order chi connectivity index (χ1) is 8.09. The molecule has 1 amide bonds. The third kappa shape index (κ3) is 2.21. The Bertz CT molecular complexity index is 461. The number of hydrogen-bond acceptors (Lipinski definition) is 4. The minimum Gasteiger partial charge on any atom is -0.489 e. The molecule has 0 fully saturated rings. The maximum Gasteiger partial charge on any atom is 0.323 e. The SMILES string of the molecule is N[C@@H]1COc2ccccc2N(CC(=O)O)C1=O. The highest BCUT2D eigenvalue weighted by Gasteiger charge is 2.30. The van der Waals surface area contributed by atoms with E-state index in [-0.39, 0.29) is 6.61 Å². The van der Waals surface area contributed by atoms with Gasteiger partial charge in [0.05, 0.1) is 5.69 Å². The van der Waals surface area contributed by atoms with Crippen LogP contribution in [0, 0.1) is 0 Å². The molecule has 17 heavy (non-hydrogen) atoms. The van der Waals surface area contributed by atoms with Crippen molar-refractivity contribution in [3.05, 3.63) is 24.3 Å². The van der Waals surface area contributed by atoms with E-state index in [0.717, 1.165) is 4.90 Å². The fourth-order valence-electron chi connectivity index (χ4n) is 1.67. The van der Waals surface area contributed by atoms with Crippen LogP contribution in [-0.2, 0) is 9.59 Å². The summed E-state index contributed by atoms with van der Waals surface area (Å²) in [6.45, 7) is -0.376. The molecular formula is C11H12N2O4. The van der Waals surface area contributed by atoms with Gasteiger partial charge >= 0.3 is 5.97 Å². The largest absolute Gasteiger partial charge is 0.489 e. The summed E-state index contributed by atoms with van der Waals surface area (Å²) in [6, 6.07) is 5.92. The average Bonchev–Trinajstić information content (AvgIpc) is 2.42. The van der Waals surface area contributed by atoms with E-state index < -0.39 is 24.5 Å². The van der Waals surface area contributed by atoms with E-state index in [1.807, 2.05) is 0 Å². The number of benzene rings is 1. The van der Waals surface area contributed by atoms with Crippen molar-refractivity contribution in [3.63, 3.8) is 0 Å². The third-order valence-electron chi connectivity index (χ3n) is 2.45. The molecular weight excluding hydrogens is 224 g/mol. The van der Waals surface area contributed by atoms with Crippen molar-refractivity contribution in [3.8, 4) is 5.75 Å². The first-order valence-corrected chi connectivity index (χ1v) is 5.10. The molecule has 1 aliphatic heterocycles. The number of nitrogens with zero attached hydrogens (tertiary/aromatic N) is 1. The Morgan fingerprint density at radius 3 is 2.94 bits per heavy atom. The van der Waals surface area contributed by atoms with Crippen LogP contribution in [0.25, 0.3) is 0 Å². The lowest BCUT2D eigenvalue weighted by Crippen LogP contribution is -2.47. The zero-order valence-electron chi connectivity index (χ0n) is 9.00. The Morgan fingerprint density at radius 2 is 2.24 bits per heavy atom. The van der Waals surface area contributed by atoms with Crippen molar-refractivity contribution < 1.29 is 19.4 Å². The molecule has 0 saturated heterocycles. The van der Waals surface area contributed by atoms with Crippen molar-refractivity contribution >= 4 is 17.6 Å². The van der Waals surface area contributed by atoms with Gasteiger partial charge in [-0.05, 0) is 12.1 Å². The van der Waals surface area contributed by atoms with E-state index in [1.54, 1.807) is 24.3 Å². The molecule has 0 radical (unpaired) electrons. The maximum atomic E-state index is 11.9. The molecule has 1 aliphatic rings. The van der Waals surface area contributed by atoms with E-state index in [1.165, 1.54) is 0 Å². The smallest absolute Gasteiger partial charge is 0.323 e. The molecule has 0 bridgehead atoms. The number of carbonyl (C=O) groups excluding carboxylic acids is 1. The van der Waals surface area contributed by atoms with Gasteiger partial charge in [-0.3, -0.25) is 14.5 Å². The van der Waals surface area contributed by atoms with Crippen LogP contribution in [0.2, 0.25) is 0 Å². The van der Waals surface area contributed by atoms with Crippen LogP contribution in [0.5, 0.6) is 5.75 Å². The fraction of sp³-hybridized carbons (Fsp3) is 0.273. The predicted octanol–water partition coefficient (Wildman–Crippen LogP) is -0.176. The van der Waals surface area contributed by atoms with Crippen LogP contribution in [0.15, 0.2) is 24.3 Å². The minimum absolute atomic E-state index is 0.0476. The van der Waals surface area contributed by atoms with Crippen LogP contribution in [0.3, 0.4) is 0 Å². The second-order valence-corrected chi connectivity index (χ2v) is 3.70. The summed E-state index contributed by atoms with van der Waals surface area (Å²) < 4.78 is 5.36. The molecule has 0 unspecified atom stereocenters. The van der Waals surface area contributed by atoms with Gasteiger partial charge in [0.2, 0.25) is 5.91 Å². The van der Waals surface area contributed by atoms with Gasteiger partial charge in [-0.2, -0.15) is 0 Å². The Kier molecular flexibility index (Phi) is 2.97. The van der Waals surface area contributed by atoms with Crippen molar-refractivity contribution in [2.75, 3.05) is 18.1 Å². The molecule has 90 valence electrons. The van der Waals surface area contributed by atoms with Crippen molar-refractivity contribution in [2.24, 2.45) is 5.73 Å². The number of amides is 1. The van der Waals surface area contributed by atoms with Crippen molar-refractivity contribution in [1.82, 2.24) is 0 Å². The van der Waals surface area contributed by atoms with Gasteiger partial charge in [-0.1, -0.05) is 12.1 Å². The van der Waals surface area contributed by atoms with E-state index in [9.17, 15) is 9.59 Å². The van der Waals surface area contributed by atoms with Crippen molar-refractivity contribution in [1.29, 1.82) is 0 Å². The van der Waals surface area contributed by atoms with E-state index >= 15 is 0 Å². The third-order valence-corrected chi connectivity index (χ3v) is 2.45. The number of para-hydroxylation sites is 2. The highest BCUT2D eigenvalue weighted by atomic mass is 16.5. The summed E-state index contributed by atoms with van der Waals surface area (Å²) in [5.74, 6) is -1.07. The molecule has 1 aromatic rings. The average molecular weight is 236 g/mol. The molecule has 6 nitrogen and oxygen atoms in total. The lowest BCUT2D eigenvalue weighted by Gasteiger charge is -2.20. The van der Waals surface area contributed by atoms with E-state index in [0.29, 0.717) is 11.4 Å². The number of fused-ring (bicyclic) bond motifs is 1. The fourth-order valence-corrected chi connectivity index (χ4v) is 1.67. The van der Waals surface area contributed by atoms with E-state index in [4.69, 9.17) is 15.6 Å².